The first-order valence-electron chi connectivity index (χ1n) is 6.66. The molecule has 1 aromatic heterocycles. The molecule has 0 saturated heterocycles. The van der Waals surface area contributed by atoms with Gasteiger partial charge in [-0.3, -0.25) is 14.4 Å². The van der Waals surface area contributed by atoms with Crippen LogP contribution in [0.1, 0.15) is 26.5 Å². The lowest BCUT2D eigenvalue weighted by Crippen LogP contribution is -2.43. The Morgan fingerprint density at radius 3 is 2.60 bits per heavy atom. The Hall–Kier alpha value is -1.88. The van der Waals surface area contributed by atoms with Gasteiger partial charge in [0.15, 0.2) is 0 Å². The van der Waals surface area contributed by atoms with Crippen molar-refractivity contribution >= 4 is 16.9 Å². The first-order chi connectivity index (χ1) is 9.29. The molecule has 0 amide bonds. The van der Waals surface area contributed by atoms with Crippen molar-refractivity contribution < 1.29 is 9.90 Å². The van der Waals surface area contributed by atoms with Gasteiger partial charge < -0.3 is 5.11 Å². The quantitative estimate of drug-likeness (QED) is 0.930. The van der Waals surface area contributed by atoms with Crippen molar-refractivity contribution in [3.63, 3.8) is 0 Å². The maximum absolute atomic E-state index is 11.0. The second-order valence-corrected chi connectivity index (χ2v) is 6.01. The van der Waals surface area contributed by atoms with E-state index in [0.717, 1.165) is 16.6 Å². The molecule has 20 heavy (non-hydrogen) atoms. The van der Waals surface area contributed by atoms with Crippen molar-refractivity contribution in [2.24, 2.45) is 7.05 Å². The fourth-order valence-corrected chi connectivity index (χ4v) is 2.28. The molecule has 2 aromatic rings. The molecular formula is C15H21N3O2. The maximum atomic E-state index is 11.0. The molecule has 0 aliphatic carbocycles. The van der Waals surface area contributed by atoms with Crippen molar-refractivity contribution in [3.8, 4) is 0 Å². The van der Waals surface area contributed by atoms with Crippen LogP contribution in [0, 0.1) is 0 Å². The number of carbonyl (C=O) groups is 1. The van der Waals surface area contributed by atoms with Gasteiger partial charge in [0.25, 0.3) is 0 Å². The molecule has 0 bridgehead atoms. The smallest absolute Gasteiger partial charge is 0.317 e. The largest absolute Gasteiger partial charge is 0.480 e. The summed E-state index contributed by atoms with van der Waals surface area (Å²) < 4.78 is 1.84. The summed E-state index contributed by atoms with van der Waals surface area (Å²) in [7, 11) is 1.91. The highest BCUT2D eigenvalue weighted by Gasteiger charge is 2.25. The first kappa shape index (κ1) is 14.5. The van der Waals surface area contributed by atoms with E-state index in [4.69, 9.17) is 5.11 Å². The highest BCUT2D eigenvalue weighted by atomic mass is 16.4. The van der Waals surface area contributed by atoms with E-state index in [9.17, 15) is 4.79 Å². The fraction of sp³-hybridized carbons (Fsp3) is 0.467. The Kier molecular flexibility index (Phi) is 3.81. The Bertz CT molecular complexity index is 626. The third-order valence-corrected chi connectivity index (χ3v) is 3.45. The van der Waals surface area contributed by atoms with Crippen LogP contribution in [0.4, 0.5) is 0 Å². The van der Waals surface area contributed by atoms with Crippen LogP contribution in [0.2, 0.25) is 0 Å². The summed E-state index contributed by atoms with van der Waals surface area (Å²) in [4.78, 5) is 13.0. The summed E-state index contributed by atoms with van der Waals surface area (Å²) in [6.45, 7) is 6.58. The number of benzene rings is 1. The molecule has 0 radical (unpaired) electrons. The van der Waals surface area contributed by atoms with Crippen LogP contribution in [-0.4, -0.2) is 37.8 Å². The normalized spacial score (nSPS) is 12.2. The molecule has 0 aliphatic rings. The van der Waals surface area contributed by atoms with E-state index in [-0.39, 0.29) is 12.1 Å². The van der Waals surface area contributed by atoms with E-state index in [1.54, 1.807) is 0 Å². The molecule has 5 heteroatoms. The summed E-state index contributed by atoms with van der Waals surface area (Å²) in [6.07, 6.45) is 0. The molecule has 1 heterocycles. The zero-order valence-electron chi connectivity index (χ0n) is 12.4. The van der Waals surface area contributed by atoms with E-state index in [0.29, 0.717) is 6.54 Å². The number of hydrogen-bond donors (Lipinski definition) is 1. The lowest BCUT2D eigenvalue weighted by molar-refractivity contribution is -0.139. The van der Waals surface area contributed by atoms with Gasteiger partial charge in [-0.1, -0.05) is 18.2 Å². The number of nitrogens with zero attached hydrogens (tertiary/aromatic N) is 3. The number of para-hydroxylation sites is 1. The van der Waals surface area contributed by atoms with Gasteiger partial charge in [0.2, 0.25) is 0 Å². The van der Waals surface area contributed by atoms with Crippen LogP contribution < -0.4 is 0 Å². The molecule has 1 N–H and O–H groups in total. The lowest BCUT2D eigenvalue weighted by atomic mass is 10.1. The highest BCUT2D eigenvalue weighted by molar-refractivity contribution is 5.81. The van der Waals surface area contributed by atoms with E-state index in [1.165, 1.54) is 0 Å². The third kappa shape index (κ3) is 2.99. The van der Waals surface area contributed by atoms with Gasteiger partial charge in [0.05, 0.1) is 17.8 Å². The molecule has 5 nitrogen and oxygen atoms in total. The van der Waals surface area contributed by atoms with Gasteiger partial charge in [-0.15, -0.1) is 0 Å². The summed E-state index contributed by atoms with van der Waals surface area (Å²) >= 11 is 0. The molecule has 0 unspecified atom stereocenters. The zero-order chi connectivity index (χ0) is 14.9. The second kappa shape index (κ2) is 5.25. The lowest BCUT2D eigenvalue weighted by Gasteiger charge is -2.33. The van der Waals surface area contributed by atoms with Crippen molar-refractivity contribution in [1.29, 1.82) is 0 Å². The minimum Gasteiger partial charge on any atom is -0.480 e. The number of aryl methyl sites for hydroxylation is 1. The maximum Gasteiger partial charge on any atom is 0.317 e. The van der Waals surface area contributed by atoms with Crippen molar-refractivity contribution in [2.75, 3.05) is 6.54 Å². The zero-order valence-corrected chi connectivity index (χ0v) is 12.4. The monoisotopic (exact) mass is 275 g/mol. The molecule has 0 saturated carbocycles. The minimum absolute atomic E-state index is 0.00833. The molecule has 0 spiro atoms. The van der Waals surface area contributed by atoms with Crippen LogP contribution in [0.5, 0.6) is 0 Å². The highest BCUT2D eigenvalue weighted by Crippen LogP contribution is 2.22. The first-order valence-corrected chi connectivity index (χ1v) is 6.66. The SMILES string of the molecule is Cn1nc(CN(CC(=O)O)C(C)(C)C)c2ccccc21. The molecule has 0 aliphatic heterocycles. The van der Waals surface area contributed by atoms with E-state index >= 15 is 0 Å². The number of carboxylic acids is 1. The summed E-state index contributed by atoms with van der Waals surface area (Å²) in [5.41, 5.74) is 1.75. The van der Waals surface area contributed by atoms with Gasteiger partial charge in [-0.2, -0.15) is 5.10 Å². The number of carboxylic acid groups (broad SMARTS) is 1. The van der Waals surface area contributed by atoms with Gasteiger partial charge >= 0.3 is 5.97 Å². The van der Waals surface area contributed by atoms with Crippen LogP contribution in [-0.2, 0) is 18.4 Å². The average molecular weight is 275 g/mol. The van der Waals surface area contributed by atoms with Gasteiger partial charge in [-0.25, -0.2) is 0 Å². The van der Waals surface area contributed by atoms with Gasteiger partial charge in [0.1, 0.15) is 0 Å². The molecule has 1 aromatic carbocycles. The number of aromatic nitrogens is 2. The molecular weight excluding hydrogens is 254 g/mol. The van der Waals surface area contributed by atoms with E-state index in [1.807, 2.05) is 61.7 Å². The average Bonchev–Trinajstić information content (AvgIpc) is 2.65. The number of fused-ring (bicyclic) bond motifs is 1. The molecule has 2 rings (SSSR count). The predicted octanol–water partition coefficient (Wildman–Crippen LogP) is 2.26. The summed E-state index contributed by atoms with van der Waals surface area (Å²) in [6, 6.07) is 8.00. The number of hydrogen-bond acceptors (Lipinski definition) is 3. The Morgan fingerprint density at radius 1 is 1.35 bits per heavy atom. The molecule has 0 atom stereocenters. The number of aliphatic carboxylic acids is 1. The molecule has 108 valence electrons. The van der Waals surface area contributed by atoms with E-state index < -0.39 is 5.97 Å². The van der Waals surface area contributed by atoms with Crippen molar-refractivity contribution in [3.05, 3.63) is 30.0 Å². The van der Waals surface area contributed by atoms with Crippen LogP contribution in [0.25, 0.3) is 10.9 Å². The Balaban J connectivity index is 2.36. The standard InChI is InChI=1S/C15H21N3O2/c1-15(2,3)18(10-14(19)20)9-12-11-7-5-6-8-13(11)17(4)16-12/h5-8H,9-10H2,1-4H3,(H,19,20). The number of rotatable bonds is 4. The predicted molar refractivity (Wildman–Crippen MR) is 78.5 cm³/mol. The van der Waals surface area contributed by atoms with Gasteiger partial charge in [0, 0.05) is 24.5 Å². The summed E-state index contributed by atoms with van der Waals surface area (Å²) in [5, 5.41) is 14.7. The molecule has 0 fully saturated rings. The Morgan fingerprint density at radius 2 is 2.00 bits per heavy atom. The summed E-state index contributed by atoms with van der Waals surface area (Å²) in [5.74, 6) is -0.819. The third-order valence-electron chi connectivity index (χ3n) is 3.45. The van der Waals surface area contributed by atoms with Crippen LogP contribution in [0.3, 0.4) is 0 Å². The van der Waals surface area contributed by atoms with Crippen LogP contribution >= 0.6 is 0 Å². The minimum atomic E-state index is -0.819. The fourth-order valence-electron chi connectivity index (χ4n) is 2.28. The topological polar surface area (TPSA) is 58.4 Å². The Labute approximate surface area is 118 Å². The van der Waals surface area contributed by atoms with Gasteiger partial charge in [-0.05, 0) is 26.8 Å². The van der Waals surface area contributed by atoms with Crippen molar-refractivity contribution in [1.82, 2.24) is 14.7 Å². The van der Waals surface area contributed by atoms with Crippen molar-refractivity contribution in [2.45, 2.75) is 32.9 Å². The van der Waals surface area contributed by atoms with E-state index in [2.05, 4.69) is 5.10 Å². The second-order valence-electron chi connectivity index (χ2n) is 6.01. The van der Waals surface area contributed by atoms with Crippen LogP contribution in [0.15, 0.2) is 24.3 Å².